The first-order valence-corrected chi connectivity index (χ1v) is 26.3. The second-order valence-corrected chi connectivity index (χ2v) is 16.9. The molecule has 0 saturated heterocycles. The third kappa shape index (κ3) is 50.5. The van der Waals surface area contributed by atoms with Gasteiger partial charge in [-0.25, -0.2) is 0 Å². The van der Waals surface area contributed by atoms with E-state index >= 15 is 0 Å². The number of allylic oxidation sites excluding steroid dienone is 22. The van der Waals surface area contributed by atoms with E-state index in [0.29, 0.717) is 19.3 Å². The van der Waals surface area contributed by atoms with Crippen LogP contribution in [0, 0.1) is 0 Å². The second-order valence-electron chi connectivity index (χ2n) is 16.9. The number of carbonyl (C=O) groups is 3. The lowest BCUT2D eigenvalue weighted by Gasteiger charge is -2.18. The van der Waals surface area contributed by atoms with Crippen LogP contribution in [0.1, 0.15) is 207 Å². The standard InChI is InChI=1S/C60H94O6/c1-4-7-10-13-16-19-22-25-27-29-31-32-35-38-41-44-47-50-53-59(62)65-56-57(55-64-58(61)52-49-46-43-40-37-34-24-21-18-15-12-9-6-3)66-60(63)54-51-48-45-42-39-36-33-30-28-26-23-20-17-14-11-8-5-2/h8-9,11-12,14-15,17-18,20-21,23-24,26,28,30-34,36-37,39,57H,4-7,10,13,16,19,22,25,27,29,35,38,40-56H2,1-3H3/b11-8-,12-9-,17-14-,18-15-,23-20-,24-21-,28-26-,32-31-,33-30+,37-34-,39-36-. The van der Waals surface area contributed by atoms with Gasteiger partial charge in [-0.3, -0.25) is 14.4 Å². The molecule has 0 heterocycles. The van der Waals surface area contributed by atoms with Crippen molar-refractivity contribution in [2.75, 3.05) is 13.2 Å². The SMILES string of the molecule is CC\C=C/C=C\C=C/C=C\C=C\C=C/CCCCCC(=O)OC(COC(=O)CCCCC\C=C/C=C\C=C/C=C\CC)COC(=O)CCCCCCC/C=C\CCCCCCCCCCC. The van der Waals surface area contributed by atoms with Gasteiger partial charge in [0.25, 0.3) is 0 Å². The van der Waals surface area contributed by atoms with Gasteiger partial charge in [0.05, 0.1) is 0 Å². The number of hydrogen-bond donors (Lipinski definition) is 0. The van der Waals surface area contributed by atoms with Crippen molar-refractivity contribution < 1.29 is 28.6 Å². The third-order valence-electron chi connectivity index (χ3n) is 10.6. The Bertz CT molecular complexity index is 1460. The Labute approximate surface area is 405 Å². The Morgan fingerprint density at radius 3 is 0.985 bits per heavy atom. The molecule has 66 heavy (non-hydrogen) atoms. The average Bonchev–Trinajstić information content (AvgIpc) is 3.31. The molecule has 0 N–H and O–H groups in total. The lowest BCUT2D eigenvalue weighted by atomic mass is 10.1. The van der Waals surface area contributed by atoms with E-state index in [1.165, 1.54) is 70.6 Å². The Kier molecular flexibility index (Phi) is 49.6. The van der Waals surface area contributed by atoms with E-state index in [0.717, 1.165) is 89.9 Å². The van der Waals surface area contributed by atoms with Crippen molar-refractivity contribution in [1.82, 2.24) is 0 Å². The fourth-order valence-electron chi connectivity index (χ4n) is 6.71. The molecule has 0 bridgehead atoms. The van der Waals surface area contributed by atoms with Crippen LogP contribution >= 0.6 is 0 Å². The number of ether oxygens (including phenoxy) is 3. The smallest absolute Gasteiger partial charge is 0.306 e. The predicted octanol–water partition coefficient (Wildman–Crippen LogP) is 17.5. The van der Waals surface area contributed by atoms with Crippen molar-refractivity contribution in [2.45, 2.75) is 213 Å². The maximum Gasteiger partial charge on any atom is 0.306 e. The highest BCUT2D eigenvalue weighted by molar-refractivity contribution is 5.71. The summed E-state index contributed by atoms with van der Waals surface area (Å²) in [5.74, 6) is -1.02. The predicted molar refractivity (Wildman–Crippen MR) is 283 cm³/mol. The number of unbranched alkanes of at least 4 members (excludes halogenated alkanes) is 20. The maximum atomic E-state index is 12.8. The van der Waals surface area contributed by atoms with Crippen LogP contribution in [-0.2, 0) is 28.6 Å². The summed E-state index contributed by atoms with van der Waals surface area (Å²) in [7, 11) is 0. The minimum Gasteiger partial charge on any atom is -0.462 e. The van der Waals surface area contributed by atoms with Crippen LogP contribution in [0.3, 0.4) is 0 Å². The first-order valence-electron chi connectivity index (χ1n) is 26.3. The summed E-state index contributed by atoms with van der Waals surface area (Å²) in [6.07, 6.45) is 74.4. The molecule has 0 aromatic carbocycles. The molecule has 0 rings (SSSR count). The van der Waals surface area contributed by atoms with Gasteiger partial charge in [0.15, 0.2) is 6.10 Å². The number of esters is 3. The van der Waals surface area contributed by atoms with E-state index in [2.05, 4.69) is 57.2 Å². The van der Waals surface area contributed by atoms with Crippen LogP contribution in [0.2, 0.25) is 0 Å². The van der Waals surface area contributed by atoms with Gasteiger partial charge in [0.2, 0.25) is 0 Å². The van der Waals surface area contributed by atoms with Gasteiger partial charge in [-0.05, 0) is 83.5 Å². The van der Waals surface area contributed by atoms with E-state index in [9.17, 15) is 14.4 Å². The van der Waals surface area contributed by atoms with Crippen LogP contribution < -0.4 is 0 Å². The summed E-state index contributed by atoms with van der Waals surface area (Å²) >= 11 is 0. The second kappa shape index (κ2) is 53.2. The summed E-state index contributed by atoms with van der Waals surface area (Å²) in [6.45, 7) is 6.26. The van der Waals surface area contributed by atoms with Crippen molar-refractivity contribution in [3.8, 4) is 0 Å². The fourth-order valence-corrected chi connectivity index (χ4v) is 6.71. The van der Waals surface area contributed by atoms with Crippen LogP contribution in [-0.4, -0.2) is 37.2 Å². The monoisotopic (exact) mass is 911 g/mol. The normalized spacial score (nSPS) is 13.2. The van der Waals surface area contributed by atoms with Gasteiger partial charge in [0.1, 0.15) is 13.2 Å². The minimum atomic E-state index is -0.826. The molecular formula is C60H94O6. The minimum absolute atomic E-state index is 0.118. The first-order chi connectivity index (χ1) is 32.5. The van der Waals surface area contributed by atoms with Crippen molar-refractivity contribution in [3.05, 3.63) is 134 Å². The van der Waals surface area contributed by atoms with Crippen LogP contribution in [0.5, 0.6) is 0 Å². The summed E-state index contributed by atoms with van der Waals surface area (Å²) < 4.78 is 16.7. The average molecular weight is 911 g/mol. The molecule has 0 aliphatic rings. The van der Waals surface area contributed by atoms with Gasteiger partial charge in [0, 0.05) is 19.3 Å². The van der Waals surface area contributed by atoms with Crippen molar-refractivity contribution in [2.24, 2.45) is 0 Å². The van der Waals surface area contributed by atoms with Gasteiger partial charge in [-0.2, -0.15) is 0 Å². The zero-order valence-corrected chi connectivity index (χ0v) is 42.1. The van der Waals surface area contributed by atoms with E-state index in [-0.39, 0.29) is 37.5 Å². The Balaban J connectivity index is 4.55. The first kappa shape index (κ1) is 61.5. The molecule has 0 radical (unpaired) electrons. The van der Waals surface area contributed by atoms with Crippen molar-refractivity contribution >= 4 is 17.9 Å². The molecule has 0 aromatic heterocycles. The third-order valence-corrected chi connectivity index (χ3v) is 10.6. The number of carbonyl (C=O) groups excluding carboxylic acids is 3. The molecule has 0 aliphatic carbocycles. The molecule has 0 aliphatic heterocycles. The molecule has 1 unspecified atom stereocenters. The highest BCUT2D eigenvalue weighted by Crippen LogP contribution is 2.13. The van der Waals surface area contributed by atoms with Crippen molar-refractivity contribution in [3.63, 3.8) is 0 Å². The topological polar surface area (TPSA) is 78.9 Å². The molecule has 6 heteroatoms. The Morgan fingerprint density at radius 1 is 0.318 bits per heavy atom. The van der Waals surface area contributed by atoms with Gasteiger partial charge in [-0.1, -0.05) is 238 Å². The molecule has 0 fully saturated rings. The molecule has 0 aromatic rings. The van der Waals surface area contributed by atoms with Gasteiger partial charge >= 0.3 is 17.9 Å². The largest absolute Gasteiger partial charge is 0.462 e. The maximum absolute atomic E-state index is 12.8. The van der Waals surface area contributed by atoms with Crippen molar-refractivity contribution in [1.29, 1.82) is 0 Å². The Morgan fingerprint density at radius 2 is 0.606 bits per heavy atom. The molecular weight excluding hydrogens is 817 g/mol. The van der Waals surface area contributed by atoms with Gasteiger partial charge < -0.3 is 14.2 Å². The van der Waals surface area contributed by atoms with E-state index < -0.39 is 6.10 Å². The summed E-state index contributed by atoms with van der Waals surface area (Å²) in [5.41, 5.74) is 0. The van der Waals surface area contributed by atoms with E-state index in [1.54, 1.807) is 0 Å². The molecule has 1 atom stereocenters. The van der Waals surface area contributed by atoms with Crippen LogP contribution in [0.4, 0.5) is 0 Å². The molecule has 6 nitrogen and oxygen atoms in total. The molecule has 0 spiro atoms. The number of hydrogen-bond acceptors (Lipinski definition) is 6. The fraction of sp³-hybridized carbons (Fsp3) is 0.583. The lowest BCUT2D eigenvalue weighted by Crippen LogP contribution is -2.30. The summed E-state index contributed by atoms with van der Waals surface area (Å²) in [6, 6.07) is 0. The highest BCUT2D eigenvalue weighted by Gasteiger charge is 2.19. The quantitative estimate of drug-likeness (QED) is 0.0199. The summed E-state index contributed by atoms with van der Waals surface area (Å²) in [5, 5.41) is 0. The van der Waals surface area contributed by atoms with E-state index in [1.807, 2.05) is 97.2 Å². The molecule has 0 saturated carbocycles. The molecule has 0 amide bonds. The zero-order chi connectivity index (χ0) is 47.9. The summed E-state index contributed by atoms with van der Waals surface area (Å²) in [4.78, 5) is 38.0. The zero-order valence-electron chi connectivity index (χ0n) is 42.1. The number of rotatable bonds is 45. The molecule has 370 valence electrons. The van der Waals surface area contributed by atoms with Crippen LogP contribution in [0.15, 0.2) is 134 Å². The highest BCUT2D eigenvalue weighted by atomic mass is 16.6. The van der Waals surface area contributed by atoms with Crippen LogP contribution in [0.25, 0.3) is 0 Å². The lowest BCUT2D eigenvalue weighted by molar-refractivity contribution is -0.167. The van der Waals surface area contributed by atoms with E-state index in [4.69, 9.17) is 14.2 Å². The van der Waals surface area contributed by atoms with Gasteiger partial charge in [-0.15, -0.1) is 0 Å². The Hall–Kier alpha value is -4.45.